The number of nitrogens with two attached hydrogens (primary N) is 1. The second-order valence-corrected chi connectivity index (χ2v) is 6.76. The van der Waals surface area contributed by atoms with Gasteiger partial charge in [-0.15, -0.1) is 0 Å². The van der Waals surface area contributed by atoms with Crippen LogP contribution in [0.3, 0.4) is 0 Å². The summed E-state index contributed by atoms with van der Waals surface area (Å²) in [6.45, 7) is 0.266. The number of aliphatic hydroxyl groups is 1. The highest BCUT2D eigenvalue weighted by molar-refractivity contribution is 7.99. The molecule has 0 aliphatic heterocycles. The molecule has 0 bridgehead atoms. The highest BCUT2D eigenvalue weighted by Gasteiger charge is 2.10. The lowest BCUT2D eigenvalue weighted by Gasteiger charge is -2.16. The van der Waals surface area contributed by atoms with Crippen LogP contribution in [-0.4, -0.2) is 37.4 Å². The summed E-state index contributed by atoms with van der Waals surface area (Å²) in [6, 6.07) is 11.3. The van der Waals surface area contributed by atoms with Crippen molar-refractivity contribution in [1.29, 1.82) is 0 Å². The molecule has 0 aliphatic rings. The van der Waals surface area contributed by atoms with Crippen LogP contribution in [0.25, 0.3) is 0 Å². The van der Waals surface area contributed by atoms with Crippen LogP contribution in [0.5, 0.6) is 5.75 Å². The number of nitrogens with zero attached hydrogens (tertiary/aromatic N) is 1. The van der Waals surface area contributed by atoms with Crippen molar-refractivity contribution in [2.45, 2.75) is 22.9 Å². The van der Waals surface area contributed by atoms with Gasteiger partial charge in [-0.05, 0) is 55.6 Å². The molecule has 0 fully saturated rings. The molecular formula is C18H23FN2O2S. The summed E-state index contributed by atoms with van der Waals surface area (Å²) >= 11 is 1.57. The summed E-state index contributed by atoms with van der Waals surface area (Å²) < 4.78 is 17.7. The normalized spacial score (nSPS) is 11.0. The zero-order valence-electron chi connectivity index (χ0n) is 14.0. The number of aliphatic hydroxyl groups excluding tert-OH is 1. The first-order valence-electron chi connectivity index (χ1n) is 7.67. The molecule has 130 valence electrons. The third-order valence-electron chi connectivity index (χ3n) is 3.34. The summed E-state index contributed by atoms with van der Waals surface area (Å²) in [5.74, 6) is 0.664. The van der Waals surface area contributed by atoms with E-state index in [-0.39, 0.29) is 13.2 Å². The number of alkyl halides is 1. The third kappa shape index (κ3) is 5.12. The first-order chi connectivity index (χ1) is 11.5. The molecule has 3 N–H and O–H groups in total. The van der Waals surface area contributed by atoms with E-state index in [0.29, 0.717) is 11.4 Å². The van der Waals surface area contributed by atoms with Crippen LogP contribution in [0, 0.1) is 0 Å². The summed E-state index contributed by atoms with van der Waals surface area (Å²) in [4.78, 5) is 4.07. The van der Waals surface area contributed by atoms with Crippen molar-refractivity contribution in [3.63, 3.8) is 0 Å². The molecular weight excluding hydrogens is 327 g/mol. The van der Waals surface area contributed by atoms with Crippen molar-refractivity contribution in [2.24, 2.45) is 0 Å². The maximum atomic E-state index is 12.3. The lowest BCUT2D eigenvalue weighted by atomic mass is 10.2. The number of nitrogen functional groups attached to an aromatic ring is 1. The van der Waals surface area contributed by atoms with Gasteiger partial charge in [0.05, 0.1) is 6.61 Å². The average Bonchev–Trinajstić information content (AvgIpc) is 2.56. The van der Waals surface area contributed by atoms with Gasteiger partial charge in [0.1, 0.15) is 19.0 Å². The summed E-state index contributed by atoms with van der Waals surface area (Å²) in [6.07, 6.45) is 0. The number of hydrogen-bond acceptors (Lipinski definition) is 5. The maximum Gasteiger partial charge on any atom is 0.123 e. The highest BCUT2D eigenvalue weighted by Crippen LogP contribution is 2.36. The minimum Gasteiger partial charge on any atom is -0.491 e. The molecule has 0 aromatic heterocycles. The van der Waals surface area contributed by atoms with Gasteiger partial charge < -0.3 is 20.5 Å². The number of halogens is 1. The molecule has 4 nitrogen and oxygen atoms in total. The van der Waals surface area contributed by atoms with E-state index in [1.165, 1.54) is 0 Å². The quantitative estimate of drug-likeness (QED) is 0.715. The van der Waals surface area contributed by atoms with Crippen molar-refractivity contribution in [3.05, 3.63) is 47.5 Å². The minimum atomic E-state index is -0.507. The van der Waals surface area contributed by atoms with Crippen molar-refractivity contribution >= 4 is 17.4 Å². The lowest BCUT2D eigenvalue weighted by molar-refractivity contribution is 0.272. The van der Waals surface area contributed by atoms with E-state index in [2.05, 4.69) is 4.90 Å². The monoisotopic (exact) mass is 350 g/mol. The zero-order valence-corrected chi connectivity index (χ0v) is 14.8. The molecule has 2 aromatic carbocycles. The predicted octanol–water partition coefficient (Wildman–Crippen LogP) is 3.32. The van der Waals surface area contributed by atoms with Crippen molar-refractivity contribution in [3.8, 4) is 5.75 Å². The van der Waals surface area contributed by atoms with Crippen LogP contribution in [0.4, 0.5) is 10.1 Å². The maximum absolute atomic E-state index is 12.3. The van der Waals surface area contributed by atoms with E-state index in [4.69, 9.17) is 10.5 Å². The molecule has 0 saturated carbocycles. The summed E-state index contributed by atoms with van der Waals surface area (Å²) in [5.41, 5.74) is 8.60. The number of hydrogen-bond donors (Lipinski definition) is 2. The van der Waals surface area contributed by atoms with E-state index in [1.54, 1.807) is 17.8 Å². The van der Waals surface area contributed by atoms with E-state index >= 15 is 0 Å². The van der Waals surface area contributed by atoms with Gasteiger partial charge in [0.25, 0.3) is 0 Å². The Morgan fingerprint density at radius 2 is 1.92 bits per heavy atom. The minimum absolute atomic E-state index is 0.0262. The Bertz CT molecular complexity index is 680. The van der Waals surface area contributed by atoms with Gasteiger partial charge in [-0.2, -0.15) is 0 Å². The van der Waals surface area contributed by atoms with Crippen molar-refractivity contribution in [1.82, 2.24) is 4.90 Å². The molecule has 0 aliphatic carbocycles. The Labute approximate surface area is 146 Å². The molecule has 0 spiro atoms. The molecule has 6 heteroatoms. The Balaban J connectivity index is 2.27. The van der Waals surface area contributed by atoms with E-state index < -0.39 is 6.67 Å². The first kappa shape index (κ1) is 18.6. The van der Waals surface area contributed by atoms with Gasteiger partial charge >= 0.3 is 0 Å². The van der Waals surface area contributed by atoms with Crippen molar-refractivity contribution in [2.75, 3.05) is 33.1 Å². The van der Waals surface area contributed by atoms with E-state index in [9.17, 15) is 9.50 Å². The lowest BCUT2D eigenvalue weighted by Crippen LogP contribution is -2.11. The predicted molar refractivity (Wildman–Crippen MR) is 96.2 cm³/mol. The number of rotatable bonds is 8. The number of ether oxygens (including phenoxy) is 1. The average molecular weight is 350 g/mol. The molecule has 0 saturated heterocycles. The molecule has 0 atom stereocenters. The molecule has 2 rings (SSSR count). The van der Waals surface area contributed by atoms with Gasteiger partial charge in [-0.3, -0.25) is 0 Å². The molecule has 0 amide bonds. The van der Waals surface area contributed by atoms with Gasteiger partial charge in [0.15, 0.2) is 0 Å². The summed E-state index contributed by atoms with van der Waals surface area (Å²) in [5, 5.41) is 9.18. The molecule has 0 unspecified atom stereocenters. The fourth-order valence-corrected chi connectivity index (χ4v) is 3.21. The zero-order chi connectivity index (χ0) is 17.5. The Hall–Kier alpha value is -1.76. The van der Waals surface area contributed by atoms with Crippen LogP contribution in [-0.2, 0) is 13.2 Å². The van der Waals surface area contributed by atoms with E-state index in [1.807, 2.05) is 44.4 Å². The molecule has 0 heterocycles. The second-order valence-electron chi connectivity index (χ2n) is 5.68. The van der Waals surface area contributed by atoms with Crippen LogP contribution in [0.1, 0.15) is 11.1 Å². The fraction of sp³-hybridized carbons (Fsp3) is 0.333. The third-order valence-corrected chi connectivity index (χ3v) is 4.55. The van der Waals surface area contributed by atoms with Crippen LogP contribution >= 0.6 is 11.8 Å². The van der Waals surface area contributed by atoms with Gasteiger partial charge in [-0.1, -0.05) is 17.8 Å². The second kappa shape index (κ2) is 8.92. The number of anilines is 1. The Kier molecular flexibility index (Phi) is 6.90. The Morgan fingerprint density at radius 1 is 1.17 bits per heavy atom. The molecule has 0 radical (unpaired) electrons. The van der Waals surface area contributed by atoms with E-state index in [0.717, 1.165) is 27.5 Å². The number of benzene rings is 2. The largest absolute Gasteiger partial charge is 0.491 e. The first-order valence-corrected chi connectivity index (χ1v) is 8.48. The van der Waals surface area contributed by atoms with Gasteiger partial charge in [0, 0.05) is 22.0 Å². The Morgan fingerprint density at radius 3 is 2.54 bits per heavy atom. The molecule has 24 heavy (non-hydrogen) atoms. The van der Waals surface area contributed by atoms with Crippen LogP contribution < -0.4 is 10.5 Å². The molecule has 2 aromatic rings. The van der Waals surface area contributed by atoms with Crippen molar-refractivity contribution < 1.29 is 14.2 Å². The van der Waals surface area contributed by atoms with Gasteiger partial charge in [-0.25, -0.2) is 4.39 Å². The standard InChI is InChI=1S/C18H23FN2O2S/c1-21(2)11-14-10-15(23-8-7-19)4-6-17(14)24-18-5-3-13(12-22)9-16(18)20/h3-6,9-10,22H,7-8,11-12,20H2,1-2H3. The van der Waals surface area contributed by atoms with Crippen LogP contribution in [0.15, 0.2) is 46.2 Å². The highest BCUT2D eigenvalue weighted by atomic mass is 32.2. The smallest absolute Gasteiger partial charge is 0.123 e. The van der Waals surface area contributed by atoms with Gasteiger partial charge in [0.2, 0.25) is 0 Å². The SMILES string of the molecule is CN(C)Cc1cc(OCCF)ccc1Sc1ccc(CO)cc1N. The van der Waals surface area contributed by atoms with Crippen LogP contribution in [0.2, 0.25) is 0 Å². The fourth-order valence-electron chi connectivity index (χ4n) is 2.27. The topological polar surface area (TPSA) is 58.7 Å². The summed E-state index contributed by atoms with van der Waals surface area (Å²) in [7, 11) is 3.99.